The molecule has 80 valence electrons. The number of nitrogens with zero attached hydrogens (tertiary/aromatic N) is 1. The highest BCUT2D eigenvalue weighted by Gasteiger charge is 2.10. The fourth-order valence-corrected chi connectivity index (χ4v) is 1.77. The van der Waals surface area contributed by atoms with Crippen molar-refractivity contribution < 1.29 is 4.39 Å². The van der Waals surface area contributed by atoms with Gasteiger partial charge >= 0.3 is 0 Å². The molecule has 0 atom stereocenters. The average Bonchev–Trinajstić information content (AvgIpc) is 2.71. The second-order valence-corrected chi connectivity index (χ2v) is 3.88. The molecule has 0 fully saturated rings. The number of hydrogen-bond donors (Lipinski definition) is 1. The average molecular weight is 235 g/mol. The smallest absolute Gasteiger partial charge is 0.124 e. The summed E-state index contributed by atoms with van der Waals surface area (Å²) in [7, 11) is 0. The van der Waals surface area contributed by atoms with E-state index in [1.165, 1.54) is 12.1 Å². The summed E-state index contributed by atoms with van der Waals surface area (Å²) in [6.45, 7) is 1.74. The molecule has 1 N–H and O–H groups in total. The summed E-state index contributed by atoms with van der Waals surface area (Å²) < 4.78 is 13.2. The zero-order valence-corrected chi connectivity index (χ0v) is 9.27. The van der Waals surface area contributed by atoms with Crippen molar-refractivity contribution in [3.63, 3.8) is 0 Å². The number of aryl methyl sites for hydroxylation is 1. The van der Waals surface area contributed by atoms with Crippen LogP contribution in [0, 0.1) is 24.1 Å². The second-order valence-electron chi connectivity index (χ2n) is 3.50. The van der Waals surface area contributed by atoms with Gasteiger partial charge in [-0.3, -0.25) is 0 Å². The third-order valence-electron chi connectivity index (χ3n) is 2.33. The summed E-state index contributed by atoms with van der Waals surface area (Å²) in [6, 6.07) is 6.35. The van der Waals surface area contributed by atoms with Crippen LogP contribution < -0.4 is 0 Å². The summed E-state index contributed by atoms with van der Waals surface area (Å²) in [6.07, 6.45) is 1.64. The van der Waals surface area contributed by atoms with Gasteiger partial charge in [0.05, 0.1) is 5.02 Å². The van der Waals surface area contributed by atoms with E-state index in [-0.39, 0.29) is 5.82 Å². The van der Waals surface area contributed by atoms with Crippen molar-refractivity contribution in [2.45, 2.75) is 6.92 Å². The maximum Gasteiger partial charge on any atom is 0.124 e. The standard InChI is InChI=1S/C12H8ClFN2/c1-7-2-9(14)4-11(12(7)13)8-3-10(5-15)16-6-8/h2-4,6,16H,1H3. The van der Waals surface area contributed by atoms with Crippen molar-refractivity contribution in [1.29, 1.82) is 5.26 Å². The molecular weight excluding hydrogens is 227 g/mol. The maximum absolute atomic E-state index is 13.2. The van der Waals surface area contributed by atoms with Gasteiger partial charge in [-0.1, -0.05) is 11.6 Å². The molecule has 0 aliphatic heterocycles. The normalized spacial score (nSPS) is 10.1. The maximum atomic E-state index is 13.2. The van der Waals surface area contributed by atoms with E-state index in [9.17, 15) is 4.39 Å². The quantitative estimate of drug-likeness (QED) is 0.804. The molecule has 0 spiro atoms. The van der Waals surface area contributed by atoms with E-state index in [1.807, 2.05) is 6.07 Å². The third kappa shape index (κ3) is 1.80. The lowest BCUT2D eigenvalue weighted by atomic mass is 10.1. The van der Waals surface area contributed by atoms with E-state index in [2.05, 4.69) is 4.98 Å². The molecule has 0 aliphatic rings. The summed E-state index contributed by atoms with van der Waals surface area (Å²) in [5.74, 6) is -0.336. The fourth-order valence-electron chi connectivity index (χ4n) is 1.55. The minimum atomic E-state index is -0.336. The number of benzene rings is 1. The molecule has 2 nitrogen and oxygen atoms in total. The van der Waals surface area contributed by atoms with Crippen molar-refractivity contribution in [2.24, 2.45) is 0 Å². The van der Waals surface area contributed by atoms with Gasteiger partial charge < -0.3 is 4.98 Å². The Morgan fingerprint density at radius 1 is 1.38 bits per heavy atom. The third-order valence-corrected chi connectivity index (χ3v) is 2.84. The van der Waals surface area contributed by atoms with Gasteiger partial charge in [0, 0.05) is 17.3 Å². The van der Waals surface area contributed by atoms with Crippen LogP contribution >= 0.6 is 11.6 Å². The van der Waals surface area contributed by atoms with Crippen molar-refractivity contribution in [1.82, 2.24) is 4.98 Å². The van der Waals surface area contributed by atoms with E-state index in [1.54, 1.807) is 19.2 Å². The Kier molecular flexibility index (Phi) is 2.67. The van der Waals surface area contributed by atoms with Crippen LogP contribution in [-0.4, -0.2) is 4.98 Å². The Labute approximate surface area is 97.3 Å². The number of hydrogen-bond acceptors (Lipinski definition) is 1. The molecule has 0 amide bonds. The molecule has 0 bridgehead atoms. The van der Waals surface area contributed by atoms with Gasteiger partial charge in [0.2, 0.25) is 0 Å². The predicted molar refractivity (Wildman–Crippen MR) is 60.6 cm³/mol. The van der Waals surface area contributed by atoms with Crippen molar-refractivity contribution in [2.75, 3.05) is 0 Å². The number of aromatic amines is 1. The summed E-state index contributed by atoms with van der Waals surface area (Å²) >= 11 is 6.09. The van der Waals surface area contributed by atoms with Gasteiger partial charge in [-0.05, 0) is 30.7 Å². The van der Waals surface area contributed by atoms with Gasteiger partial charge in [-0.25, -0.2) is 4.39 Å². The van der Waals surface area contributed by atoms with Gasteiger partial charge in [0.1, 0.15) is 17.6 Å². The van der Waals surface area contributed by atoms with Crippen molar-refractivity contribution in [3.8, 4) is 17.2 Å². The van der Waals surface area contributed by atoms with Gasteiger partial charge in [0.25, 0.3) is 0 Å². The van der Waals surface area contributed by atoms with E-state index < -0.39 is 0 Å². The molecule has 0 unspecified atom stereocenters. The van der Waals surface area contributed by atoms with Crippen LogP contribution in [0.15, 0.2) is 24.4 Å². The Morgan fingerprint density at radius 3 is 2.75 bits per heavy atom. The minimum absolute atomic E-state index is 0.336. The number of aromatic nitrogens is 1. The zero-order valence-electron chi connectivity index (χ0n) is 8.51. The van der Waals surface area contributed by atoms with Crippen molar-refractivity contribution >= 4 is 11.6 Å². The highest BCUT2D eigenvalue weighted by molar-refractivity contribution is 6.34. The molecule has 1 heterocycles. The number of rotatable bonds is 1. The van der Waals surface area contributed by atoms with Crippen LogP contribution in [0.3, 0.4) is 0 Å². The molecule has 2 aromatic rings. The summed E-state index contributed by atoms with van der Waals surface area (Å²) in [4.78, 5) is 2.78. The van der Waals surface area contributed by atoms with Crippen LogP contribution in [0.25, 0.3) is 11.1 Å². The van der Waals surface area contributed by atoms with E-state index in [4.69, 9.17) is 16.9 Å². The molecule has 0 radical (unpaired) electrons. The van der Waals surface area contributed by atoms with Crippen LogP contribution in [0.1, 0.15) is 11.3 Å². The number of H-pyrrole nitrogens is 1. The molecule has 4 heteroatoms. The number of halogens is 2. The lowest BCUT2D eigenvalue weighted by molar-refractivity contribution is 0.627. The topological polar surface area (TPSA) is 39.6 Å². The van der Waals surface area contributed by atoms with E-state index >= 15 is 0 Å². The summed E-state index contributed by atoms with van der Waals surface area (Å²) in [5.41, 5.74) is 2.41. The van der Waals surface area contributed by atoms with Crippen LogP contribution in [0.4, 0.5) is 4.39 Å². The molecule has 0 saturated heterocycles. The van der Waals surface area contributed by atoms with E-state index in [0.29, 0.717) is 27.4 Å². The largest absolute Gasteiger partial charge is 0.352 e. The first kappa shape index (κ1) is 10.7. The lowest BCUT2D eigenvalue weighted by Gasteiger charge is -2.05. The highest BCUT2D eigenvalue weighted by atomic mass is 35.5. The summed E-state index contributed by atoms with van der Waals surface area (Å²) in [5, 5.41) is 9.19. The van der Waals surface area contributed by atoms with Gasteiger partial charge in [-0.2, -0.15) is 5.26 Å². The Hall–Kier alpha value is -1.79. The molecular formula is C12H8ClFN2. The molecule has 1 aromatic heterocycles. The first-order chi connectivity index (χ1) is 7.61. The fraction of sp³-hybridized carbons (Fsp3) is 0.0833. The number of nitriles is 1. The van der Waals surface area contributed by atoms with Crippen LogP contribution in [0.5, 0.6) is 0 Å². The Balaban J connectivity index is 2.60. The Bertz CT molecular complexity index is 581. The molecule has 1 aromatic carbocycles. The highest BCUT2D eigenvalue weighted by Crippen LogP contribution is 2.31. The molecule has 0 saturated carbocycles. The first-order valence-corrected chi connectivity index (χ1v) is 5.04. The molecule has 0 aliphatic carbocycles. The Morgan fingerprint density at radius 2 is 2.12 bits per heavy atom. The zero-order chi connectivity index (χ0) is 11.7. The minimum Gasteiger partial charge on any atom is -0.352 e. The predicted octanol–water partition coefficient (Wildman–Crippen LogP) is 3.65. The monoisotopic (exact) mass is 234 g/mol. The first-order valence-electron chi connectivity index (χ1n) is 4.66. The van der Waals surface area contributed by atoms with Crippen LogP contribution in [-0.2, 0) is 0 Å². The molecule has 2 rings (SSSR count). The number of nitrogens with one attached hydrogen (secondary N) is 1. The SMILES string of the molecule is Cc1cc(F)cc(-c2c[nH]c(C#N)c2)c1Cl. The van der Waals surface area contributed by atoms with Crippen molar-refractivity contribution in [3.05, 3.63) is 46.5 Å². The van der Waals surface area contributed by atoms with E-state index in [0.717, 1.165) is 0 Å². The second kappa shape index (κ2) is 3.99. The van der Waals surface area contributed by atoms with Gasteiger partial charge in [0.15, 0.2) is 0 Å². The lowest BCUT2D eigenvalue weighted by Crippen LogP contribution is -1.85. The molecule has 16 heavy (non-hydrogen) atoms. The van der Waals surface area contributed by atoms with Crippen LogP contribution in [0.2, 0.25) is 5.02 Å². The van der Waals surface area contributed by atoms with Gasteiger partial charge in [-0.15, -0.1) is 0 Å².